The Kier molecular flexibility index (Phi) is 9.09. The van der Waals surface area contributed by atoms with Crippen molar-refractivity contribution < 1.29 is 19.3 Å². The molecule has 0 bridgehead atoms. The summed E-state index contributed by atoms with van der Waals surface area (Å²) in [6.45, 7) is 17.6. The van der Waals surface area contributed by atoms with Crippen LogP contribution in [0.2, 0.25) is 0 Å². The molecule has 0 spiro atoms. The standard InChI is InChI=1S/C15H24NO4P/c1-6-11-21(19,12-7-2)20-15(10-5)16(13(17)8-3)14(18)9-4/h6-10,13-15,17-18H,1-5,11-12H2. The fourth-order valence-electron chi connectivity index (χ4n) is 1.67. The molecule has 5 nitrogen and oxygen atoms in total. The van der Waals surface area contributed by atoms with Crippen molar-refractivity contribution in [3.05, 3.63) is 63.3 Å². The third kappa shape index (κ3) is 5.96. The van der Waals surface area contributed by atoms with Crippen LogP contribution >= 0.6 is 7.37 Å². The van der Waals surface area contributed by atoms with E-state index in [9.17, 15) is 14.8 Å². The second-order valence-corrected chi connectivity index (χ2v) is 6.80. The maximum absolute atomic E-state index is 12.7. The van der Waals surface area contributed by atoms with E-state index in [1.54, 1.807) is 0 Å². The molecule has 0 aromatic heterocycles. The Bertz CT molecular complexity index is 407. The Labute approximate surface area is 126 Å². The Hall–Kier alpha value is -1.23. The van der Waals surface area contributed by atoms with Gasteiger partial charge >= 0.3 is 0 Å². The van der Waals surface area contributed by atoms with E-state index in [0.717, 1.165) is 4.90 Å². The lowest BCUT2D eigenvalue weighted by molar-refractivity contribution is -0.118. The van der Waals surface area contributed by atoms with Gasteiger partial charge in [-0.2, -0.15) is 0 Å². The van der Waals surface area contributed by atoms with Gasteiger partial charge in [-0.05, 0) is 18.2 Å². The maximum Gasteiger partial charge on any atom is 0.212 e. The van der Waals surface area contributed by atoms with Crippen LogP contribution in [0.5, 0.6) is 0 Å². The van der Waals surface area contributed by atoms with Crippen molar-refractivity contribution in [2.75, 3.05) is 12.3 Å². The maximum atomic E-state index is 12.7. The van der Waals surface area contributed by atoms with Gasteiger partial charge in [0.05, 0.1) is 0 Å². The molecule has 3 atom stereocenters. The van der Waals surface area contributed by atoms with Gasteiger partial charge in [0.1, 0.15) is 18.7 Å². The minimum Gasteiger partial charge on any atom is -0.375 e. The molecular weight excluding hydrogens is 289 g/mol. The highest BCUT2D eigenvalue weighted by atomic mass is 31.2. The Morgan fingerprint density at radius 3 is 1.67 bits per heavy atom. The van der Waals surface area contributed by atoms with Crippen molar-refractivity contribution in [2.45, 2.75) is 18.7 Å². The van der Waals surface area contributed by atoms with Crippen LogP contribution in [0.25, 0.3) is 0 Å². The zero-order valence-corrected chi connectivity index (χ0v) is 13.1. The van der Waals surface area contributed by atoms with Crippen LogP contribution in [0.3, 0.4) is 0 Å². The summed E-state index contributed by atoms with van der Waals surface area (Å²) in [6.07, 6.45) is 3.58. The van der Waals surface area contributed by atoms with Crippen LogP contribution in [0.15, 0.2) is 63.3 Å². The molecular formula is C15H24NO4P. The average molecular weight is 313 g/mol. The summed E-state index contributed by atoms with van der Waals surface area (Å²) < 4.78 is 18.2. The number of rotatable bonds is 12. The smallest absolute Gasteiger partial charge is 0.212 e. The molecule has 0 rings (SSSR count). The summed E-state index contributed by atoms with van der Waals surface area (Å²) in [6, 6.07) is 0. The first-order valence-corrected chi connectivity index (χ1v) is 8.38. The monoisotopic (exact) mass is 313 g/mol. The van der Waals surface area contributed by atoms with Gasteiger partial charge in [0.2, 0.25) is 7.37 Å². The highest BCUT2D eigenvalue weighted by Crippen LogP contribution is 2.48. The molecule has 0 aliphatic rings. The van der Waals surface area contributed by atoms with Gasteiger partial charge in [0.25, 0.3) is 0 Å². The number of allylic oxidation sites excluding steroid dienone is 2. The zero-order chi connectivity index (χ0) is 16.5. The summed E-state index contributed by atoms with van der Waals surface area (Å²) in [5, 5.41) is 19.8. The molecule has 118 valence electrons. The summed E-state index contributed by atoms with van der Waals surface area (Å²) in [4.78, 5) is 1.13. The van der Waals surface area contributed by atoms with Crippen molar-refractivity contribution in [2.24, 2.45) is 0 Å². The lowest BCUT2D eigenvalue weighted by atomic mass is 10.3. The largest absolute Gasteiger partial charge is 0.375 e. The summed E-state index contributed by atoms with van der Waals surface area (Å²) >= 11 is 0. The van der Waals surface area contributed by atoms with Gasteiger partial charge in [0, 0.05) is 12.3 Å². The fourth-order valence-corrected chi connectivity index (χ4v) is 3.37. The predicted molar refractivity (Wildman–Crippen MR) is 87.1 cm³/mol. The quantitative estimate of drug-likeness (QED) is 0.329. The number of nitrogens with zero attached hydrogens (tertiary/aromatic N) is 1. The minimum atomic E-state index is -3.09. The lowest BCUT2D eigenvalue weighted by Gasteiger charge is -2.36. The van der Waals surface area contributed by atoms with Crippen LogP contribution in [-0.4, -0.2) is 46.1 Å². The van der Waals surface area contributed by atoms with Gasteiger partial charge in [0.15, 0.2) is 0 Å². The molecule has 0 heterocycles. The molecule has 0 fully saturated rings. The van der Waals surface area contributed by atoms with E-state index in [0.29, 0.717) is 0 Å². The molecule has 0 amide bonds. The highest BCUT2D eigenvalue weighted by molar-refractivity contribution is 7.59. The second kappa shape index (κ2) is 9.66. The molecule has 6 heteroatoms. The van der Waals surface area contributed by atoms with Crippen LogP contribution in [-0.2, 0) is 9.09 Å². The summed E-state index contributed by atoms with van der Waals surface area (Å²) in [5.41, 5.74) is 0. The van der Waals surface area contributed by atoms with E-state index in [1.807, 2.05) is 0 Å². The Morgan fingerprint density at radius 1 is 0.952 bits per heavy atom. The zero-order valence-electron chi connectivity index (χ0n) is 12.2. The third-order valence-electron chi connectivity index (χ3n) is 2.64. The first-order valence-electron chi connectivity index (χ1n) is 6.38. The molecule has 0 radical (unpaired) electrons. The van der Waals surface area contributed by atoms with E-state index in [1.165, 1.54) is 30.4 Å². The predicted octanol–water partition coefficient (Wildman–Crippen LogP) is 2.48. The van der Waals surface area contributed by atoms with Crippen molar-refractivity contribution >= 4 is 7.37 Å². The van der Waals surface area contributed by atoms with E-state index < -0.39 is 26.1 Å². The third-order valence-corrected chi connectivity index (χ3v) is 4.87. The molecule has 2 N–H and O–H groups in total. The first-order chi connectivity index (χ1) is 9.88. The molecule has 21 heavy (non-hydrogen) atoms. The molecule has 0 saturated heterocycles. The number of aliphatic hydroxyl groups is 2. The SMILES string of the molecule is C=CCP(=O)(CC=C)OC(C=C)N(C(O)C=C)C(O)C=C. The van der Waals surface area contributed by atoms with Crippen molar-refractivity contribution in [1.29, 1.82) is 0 Å². The normalized spacial score (nSPS) is 15.8. The first kappa shape index (κ1) is 19.8. The topological polar surface area (TPSA) is 70.0 Å². The summed E-state index contributed by atoms with van der Waals surface area (Å²) in [5.74, 6) is 0. The molecule has 0 saturated carbocycles. The Balaban J connectivity index is 5.41. The number of hydrogen-bond acceptors (Lipinski definition) is 5. The van der Waals surface area contributed by atoms with Gasteiger partial charge in [-0.1, -0.05) is 31.9 Å². The second-order valence-electron chi connectivity index (χ2n) is 4.23. The summed E-state index contributed by atoms with van der Waals surface area (Å²) in [7, 11) is -3.09. The molecule has 0 aliphatic carbocycles. The fraction of sp³-hybridized carbons (Fsp3) is 0.333. The van der Waals surface area contributed by atoms with E-state index >= 15 is 0 Å². The molecule has 0 aromatic carbocycles. The Morgan fingerprint density at radius 2 is 1.38 bits per heavy atom. The van der Waals surface area contributed by atoms with Gasteiger partial charge in [-0.15, -0.1) is 13.2 Å². The van der Waals surface area contributed by atoms with Gasteiger partial charge < -0.3 is 14.7 Å². The average Bonchev–Trinajstić information content (AvgIpc) is 2.46. The number of hydrogen-bond donors (Lipinski definition) is 2. The number of aliphatic hydroxyl groups excluding tert-OH is 2. The van der Waals surface area contributed by atoms with Crippen LogP contribution in [0.4, 0.5) is 0 Å². The van der Waals surface area contributed by atoms with Crippen molar-refractivity contribution in [3.8, 4) is 0 Å². The van der Waals surface area contributed by atoms with Crippen molar-refractivity contribution in [1.82, 2.24) is 4.90 Å². The van der Waals surface area contributed by atoms with Gasteiger partial charge in [-0.3, -0.25) is 4.57 Å². The van der Waals surface area contributed by atoms with Crippen LogP contribution in [0, 0.1) is 0 Å². The van der Waals surface area contributed by atoms with Crippen LogP contribution in [0.1, 0.15) is 0 Å². The van der Waals surface area contributed by atoms with E-state index in [-0.39, 0.29) is 12.3 Å². The lowest BCUT2D eigenvalue weighted by Crippen LogP contribution is -2.48. The molecule has 3 unspecified atom stereocenters. The van der Waals surface area contributed by atoms with Crippen LogP contribution < -0.4 is 0 Å². The van der Waals surface area contributed by atoms with E-state index in [2.05, 4.69) is 32.9 Å². The molecule has 0 aromatic rings. The minimum absolute atomic E-state index is 0.144. The van der Waals surface area contributed by atoms with Crippen molar-refractivity contribution in [3.63, 3.8) is 0 Å². The van der Waals surface area contributed by atoms with E-state index in [4.69, 9.17) is 4.52 Å². The molecule has 0 aliphatic heterocycles. The van der Waals surface area contributed by atoms with Gasteiger partial charge in [-0.25, -0.2) is 4.90 Å². The highest BCUT2D eigenvalue weighted by Gasteiger charge is 2.32.